The van der Waals surface area contributed by atoms with Crippen molar-refractivity contribution in [3.63, 3.8) is 0 Å². The Morgan fingerprint density at radius 2 is 1.54 bits per heavy atom. The van der Waals surface area contributed by atoms with Gasteiger partial charge in [-0.2, -0.15) is 9.57 Å². The van der Waals surface area contributed by atoms with Crippen LogP contribution < -0.4 is 9.47 Å². The molecule has 0 aliphatic carbocycles. The standard InChI is InChI=1S/C28H31N3O5S/c1-34-25-6-3-5-24(17-25)28(36-21-23-11-9-22(19-29)10-12-23)20-30-13-15-31(16-14-30)37(32,33)27-8-4-7-26(18-27)35-2/h3-12,17-18,28H,13-16,20-21H2,1-2H3/t28-/m0/s1. The summed E-state index contributed by atoms with van der Waals surface area (Å²) in [5.41, 5.74) is 2.57. The van der Waals surface area contributed by atoms with Gasteiger partial charge in [-0.25, -0.2) is 8.42 Å². The highest BCUT2D eigenvalue weighted by molar-refractivity contribution is 7.89. The lowest BCUT2D eigenvalue weighted by atomic mass is 10.1. The van der Waals surface area contributed by atoms with E-state index in [0.29, 0.717) is 50.6 Å². The molecule has 0 radical (unpaired) electrons. The zero-order chi connectivity index (χ0) is 26.3. The van der Waals surface area contributed by atoms with E-state index in [2.05, 4.69) is 11.0 Å². The molecule has 8 nitrogen and oxygen atoms in total. The average molecular weight is 522 g/mol. The van der Waals surface area contributed by atoms with E-state index >= 15 is 0 Å². The number of hydrogen-bond donors (Lipinski definition) is 0. The second-order valence-corrected chi connectivity index (χ2v) is 10.7. The van der Waals surface area contributed by atoms with Crippen molar-refractivity contribution in [2.75, 3.05) is 46.9 Å². The van der Waals surface area contributed by atoms with Crippen LogP contribution in [0.4, 0.5) is 0 Å². The maximum absolute atomic E-state index is 13.2. The summed E-state index contributed by atoms with van der Waals surface area (Å²) in [5.74, 6) is 1.26. The molecule has 9 heteroatoms. The van der Waals surface area contributed by atoms with Crippen LogP contribution in [-0.2, 0) is 21.4 Å². The van der Waals surface area contributed by atoms with E-state index < -0.39 is 10.0 Å². The fourth-order valence-corrected chi connectivity index (χ4v) is 5.72. The third-order valence-electron chi connectivity index (χ3n) is 6.43. The van der Waals surface area contributed by atoms with Crippen LogP contribution in [0.5, 0.6) is 11.5 Å². The molecule has 1 saturated heterocycles. The second-order valence-electron chi connectivity index (χ2n) is 8.77. The normalized spacial score (nSPS) is 15.6. The minimum Gasteiger partial charge on any atom is -0.497 e. The molecule has 0 bridgehead atoms. The van der Waals surface area contributed by atoms with E-state index in [0.717, 1.165) is 16.9 Å². The largest absolute Gasteiger partial charge is 0.497 e. The lowest BCUT2D eigenvalue weighted by Gasteiger charge is -2.36. The minimum absolute atomic E-state index is 0.236. The van der Waals surface area contributed by atoms with Gasteiger partial charge in [0.1, 0.15) is 11.5 Å². The summed E-state index contributed by atoms with van der Waals surface area (Å²) in [5, 5.41) is 9.04. The second kappa shape index (κ2) is 12.2. The van der Waals surface area contributed by atoms with Crippen LogP contribution in [0.2, 0.25) is 0 Å². The van der Waals surface area contributed by atoms with Gasteiger partial charge in [-0.05, 0) is 47.5 Å². The topological polar surface area (TPSA) is 92.1 Å². The van der Waals surface area contributed by atoms with Crippen LogP contribution in [0, 0.1) is 11.3 Å². The third-order valence-corrected chi connectivity index (χ3v) is 8.33. The highest BCUT2D eigenvalue weighted by Gasteiger charge is 2.30. The number of piperazine rings is 1. The summed E-state index contributed by atoms with van der Waals surface area (Å²) < 4.78 is 44.8. The summed E-state index contributed by atoms with van der Waals surface area (Å²) in [6, 6.07) is 23.8. The van der Waals surface area contributed by atoms with Gasteiger partial charge in [0.25, 0.3) is 0 Å². The van der Waals surface area contributed by atoms with Crippen LogP contribution in [0.3, 0.4) is 0 Å². The summed E-state index contributed by atoms with van der Waals surface area (Å²) in [4.78, 5) is 2.46. The molecule has 1 atom stereocenters. The number of nitriles is 1. The van der Waals surface area contributed by atoms with Gasteiger partial charge >= 0.3 is 0 Å². The number of methoxy groups -OCH3 is 2. The van der Waals surface area contributed by atoms with Gasteiger partial charge in [-0.15, -0.1) is 0 Å². The molecule has 3 aromatic carbocycles. The lowest BCUT2D eigenvalue weighted by Crippen LogP contribution is -2.49. The molecular weight excluding hydrogens is 490 g/mol. The smallest absolute Gasteiger partial charge is 0.243 e. The zero-order valence-corrected chi connectivity index (χ0v) is 21.9. The third kappa shape index (κ3) is 6.67. The molecule has 194 valence electrons. The summed E-state index contributed by atoms with van der Waals surface area (Å²) in [6.45, 7) is 2.95. The SMILES string of the molecule is COc1cccc([C@H](CN2CCN(S(=O)(=O)c3cccc(OC)c3)CC2)OCc2ccc(C#N)cc2)c1. The van der Waals surface area contributed by atoms with Gasteiger partial charge < -0.3 is 14.2 Å². The Hall–Kier alpha value is -3.42. The lowest BCUT2D eigenvalue weighted by molar-refractivity contribution is 0.00763. The number of hydrogen-bond acceptors (Lipinski definition) is 7. The zero-order valence-electron chi connectivity index (χ0n) is 21.0. The maximum atomic E-state index is 13.2. The van der Waals surface area contributed by atoms with Crippen molar-refractivity contribution in [2.45, 2.75) is 17.6 Å². The Morgan fingerprint density at radius 3 is 2.19 bits per heavy atom. The quantitative estimate of drug-likeness (QED) is 0.400. The molecule has 1 aliphatic rings. The van der Waals surface area contributed by atoms with Gasteiger partial charge in [0.2, 0.25) is 10.0 Å². The van der Waals surface area contributed by atoms with Gasteiger partial charge in [-0.3, -0.25) is 4.90 Å². The molecule has 0 N–H and O–H groups in total. The Bertz CT molecular complexity index is 1330. The molecule has 0 amide bonds. The molecular formula is C28H31N3O5S. The Balaban J connectivity index is 1.43. The average Bonchev–Trinajstić information content (AvgIpc) is 2.95. The molecule has 0 unspecified atom stereocenters. The number of rotatable bonds is 10. The molecule has 1 fully saturated rings. The van der Waals surface area contributed by atoms with Crippen molar-refractivity contribution in [3.8, 4) is 17.6 Å². The molecule has 37 heavy (non-hydrogen) atoms. The molecule has 0 spiro atoms. The van der Waals surface area contributed by atoms with E-state index in [1.165, 1.54) is 11.4 Å². The summed E-state index contributed by atoms with van der Waals surface area (Å²) in [7, 11) is -0.451. The van der Waals surface area contributed by atoms with Crippen molar-refractivity contribution in [1.29, 1.82) is 5.26 Å². The van der Waals surface area contributed by atoms with E-state index in [9.17, 15) is 8.42 Å². The van der Waals surface area contributed by atoms with Gasteiger partial charge in [0.15, 0.2) is 0 Å². The molecule has 1 heterocycles. The number of nitrogens with zero attached hydrogens (tertiary/aromatic N) is 3. The summed E-state index contributed by atoms with van der Waals surface area (Å²) in [6.07, 6.45) is -0.243. The van der Waals surface area contributed by atoms with Crippen LogP contribution >= 0.6 is 0 Å². The van der Waals surface area contributed by atoms with Gasteiger partial charge in [-0.1, -0.05) is 30.3 Å². The van der Waals surface area contributed by atoms with Crippen molar-refractivity contribution in [2.24, 2.45) is 0 Å². The fraction of sp³-hybridized carbons (Fsp3) is 0.321. The molecule has 3 aromatic rings. The Kier molecular flexibility index (Phi) is 8.79. The molecule has 4 rings (SSSR count). The maximum Gasteiger partial charge on any atom is 0.243 e. The predicted octanol–water partition coefficient (Wildman–Crippen LogP) is 3.84. The van der Waals surface area contributed by atoms with Crippen molar-refractivity contribution < 1.29 is 22.6 Å². The first-order chi connectivity index (χ1) is 17.9. The minimum atomic E-state index is -3.60. The molecule has 1 aliphatic heterocycles. The van der Waals surface area contributed by atoms with Crippen LogP contribution in [0.1, 0.15) is 22.8 Å². The van der Waals surface area contributed by atoms with Crippen LogP contribution in [-0.4, -0.2) is 64.6 Å². The monoisotopic (exact) mass is 521 g/mol. The Morgan fingerprint density at radius 1 is 0.892 bits per heavy atom. The van der Waals surface area contributed by atoms with E-state index in [-0.39, 0.29) is 11.0 Å². The molecule has 0 saturated carbocycles. The first kappa shape index (κ1) is 26.6. The first-order valence-electron chi connectivity index (χ1n) is 12.0. The first-order valence-corrected chi connectivity index (χ1v) is 13.5. The molecule has 0 aromatic heterocycles. The van der Waals surface area contributed by atoms with Crippen molar-refractivity contribution >= 4 is 10.0 Å². The number of sulfonamides is 1. The predicted molar refractivity (Wildman–Crippen MR) is 140 cm³/mol. The summed E-state index contributed by atoms with van der Waals surface area (Å²) >= 11 is 0. The van der Waals surface area contributed by atoms with Crippen molar-refractivity contribution in [1.82, 2.24) is 9.21 Å². The van der Waals surface area contributed by atoms with Crippen LogP contribution in [0.15, 0.2) is 77.7 Å². The fourth-order valence-electron chi connectivity index (χ4n) is 4.27. The highest BCUT2D eigenvalue weighted by atomic mass is 32.2. The Labute approximate surface area is 218 Å². The van der Waals surface area contributed by atoms with Crippen LogP contribution in [0.25, 0.3) is 0 Å². The van der Waals surface area contributed by atoms with Gasteiger partial charge in [0, 0.05) is 38.8 Å². The number of benzene rings is 3. The van der Waals surface area contributed by atoms with Gasteiger partial charge in [0.05, 0.1) is 43.5 Å². The van der Waals surface area contributed by atoms with E-state index in [1.807, 2.05) is 36.4 Å². The van der Waals surface area contributed by atoms with E-state index in [4.69, 9.17) is 19.5 Å². The number of ether oxygens (including phenoxy) is 3. The van der Waals surface area contributed by atoms with Crippen molar-refractivity contribution in [3.05, 3.63) is 89.5 Å². The van der Waals surface area contributed by atoms with E-state index in [1.54, 1.807) is 43.5 Å². The highest BCUT2D eigenvalue weighted by Crippen LogP contribution is 2.26.